The molecule has 0 bridgehead atoms. The molecule has 0 spiro atoms. The summed E-state index contributed by atoms with van der Waals surface area (Å²) in [6.07, 6.45) is 1.26. The van der Waals surface area contributed by atoms with Crippen molar-refractivity contribution in [1.29, 1.82) is 0 Å². The third-order valence-corrected chi connectivity index (χ3v) is 2.45. The van der Waals surface area contributed by atoms with E-state index in [1.165, 1.54) is 6.42 Å². The van der Waals surface area contributed by atoms with Gasteiger partial charge in [0.15, 0.2) is 0 Å². The highest BCUT2D eigenvalue weighted by Crippen LogP contribution is 2.20. The van der Waals surface area contributed by atoms with Gasteiger partial charge in [0.2, 0.25) is 0 Å². The summed E-state index contributed by atoms with van der Waals surface area (Å²) in [5, 5.41) is 3.18. The van der Waals surface area contributed by atoms with E-state index in [0.29, 0.717) is 6.54 Å². The van der Waals surface area contributed by atoms with Crippen molar-refractivity contribution >= 4 is 11.6 Å². The molecule has 5 nitrogen and oxygen atoms in total. The van der Waals surface area contributed by atoms with Crippen molar-refractivity contribution in [2.75, 3.05) is 36.4 Å². The highest BCUT2D eigenvalue weighted by atomic mass is 15.2. The van der Waals surface area contributed by atoms with Crippen LogP contribution in [0, 0.1) is 6.92 Å². The lowest BCUT2D eigenvalue weighted by molar-refractivity contribution is 0.608. The number of nitrogens with zero attached hydrogens (tertiary/aromatic N) is 3. The van der Waals surface area contributed by atoms with Gasteiger partial charge in [0.1, 0.15) is 17.5 Å². The van der Waals surface area contributed by atoms with Gasteiger partial charge in [-0.25, -0.2) is 9.97 Å². The fourth-order valence-corrected chi connectivity index (χ4v) is 1.55. The molecule has 0 aromatic carbocycles. The number of nitrogens with one attached hydrogen (secondary N) is 1. The zero-order chi connectivity index (χ0) is 10.7. The maximum absolute atomic E-state index is 5.43. The van der Waals surface area contributed by atoms with Crippen LogP contribution in [0.4, 0.5) is 11.6 Å². The van der Waals surface area contributed by atoms with E-state index in [2.05, 4.69) is 20.2 Å². The Balaban J connectivity index is 2.12. The maximum Gasteiger partial charge on any atom is 0.134 e. The largest absolute Gasteiger partial charge is 0.369 e. The van der Waals surface area contributed by atoms with Gasteiger partial charge in [0, 0.05) is 32.2 Å². The van der Waals surface area contributed by atoms with Crippen LogP contribution in [0.15, 0.2) is 6.07 Å². The Morgan fingerprint density at radius 2 is 2.27 bits per heavy atom. The molecule has 0 saturated carbocycles. The van der Waals surface area contributed by atoms with Crippen LogP contribution in [-0.2, 0) is 0 Å². The molecule has 1 aromatic heterocycles. The molecule has 82 valence electrons. The summed E-state index contributed by atoms with van der Waals surface area (Å²) in [7, 11) is 0. The van der Waals surface area contributed by atoms with Crippen LogP contribution in [0.3, 0.4) is 0 Å². The number of hydrogen-bond acceptors (Lipinski definition) is 5. The van der Waals surface area contributed by atoms with Crippen LogP contribution in [-0.4, -0.2) is 36.1 Å². The Labute approximate surface area is 89.7 Å². The van der Waals surface area contributed by atoms with Gasteiger partial charge in [-0.1, -0.05) is 0 Å². The zero-order valence-electron chi connectivity index (χ0n) is 9.03. The SMILES string of the molecule is Cc1nc(NCCN)cc(N2CCC2)n1. The molecule has 15 heavy (non-hydrogen) atoms. The second-order valence-corrected chi connectivity index (χ2v) is 3.71. The molecule has 1 aliphatic heterocycles. The molecule has 1 aromatic rings. The Morgan fingerprint density at radius 3 is 2.87 bits per heavy atom. The molecule has 2 rings (SSSR count). The van der Waals surface area contributed by atoms with Crippen molar-refractivity contribution in [3.63, 3.8) is 0 Å². The minimum absolute atomic E-state index is 0.613. The molecule has 0 unspecified atom stereocenters. The summed E-state index contributed by atoms with van der Waals surface area (Å²) < 4.78 is 0. The lowest BCUT2D eigenvalue weighted by atomic mass is 10.2. The standard InChI is InChI=1S/C10H17N5/c1-8-13-9(12-4-3-11)7-10(14-8)15-5-2-6-15/h7H,2-6,11H2,1H3,(H,12,13,14). The number of aryl methyl sites for hydroxylation is 1. The summed E-state index contributed by atoms with van der Waals surface area (Å²) in [5.41, 5.74) is 5.43. The smallest absolute Gasteiger partial charge is 0.134 e. The third-order valence-electron chi connectivity index (χ3n) is 2.45. The number of nitrogens with two attached hydrogens (primary N) is 1. The summed E-state index contributed by atoms with van der Waals surface area (Å²) in [5.74, 6) is 2.70. The first-order valence-corrected chi connectivity index (χ1v) is 5.34. The minimum Gasteiger partial charge on any atom is -0.369 e. The van der Waals surface area contributed by atoms with Gasteiger partial charge in [-0.3, -0.25) is 0 Å². The Hall–Kier alpha value is -1.36. The van der Waals surface area contributed by atoms with E-state index < -0.39 is 0 Å². The van der Waals surface area contributed by atoms with Gasteiger partial charge in [-0.15, -0.1) is 0 Å². The molecule has 0 radical (unpaired) electrons. The molecule has 0 atom stereocenters. The van der Waals surface area contributed by atoms with Crippen LogP contribution in [0.2, 0.25) is 0 Å². The summed E-state index contributed by atoms with van der Waals surface area (Å²) >= 11 is 0. The van der Waals surface area contributed by atoms with E-state index in [1.807, 2.05) is 13.0 Å². The van der Waals surface area contributed by atoms with Crippen LogP contribution in [0.5, 0.6) is 0 Å². The molecule has 0 aliphatic carbocycles. The second kappa shape index (κ2) is 4.44. The number of hydrogen-bond donors (Lipinski definition) is 2. The monoisotopic (exact) mass is 207 g/mol. The van der Waals surface area contributed by atoms with Crippen molar-refractivity contribution in [1.82, 2.24) is 9.97 Å². The normalized spacial score (nSPS) is 14.9. The predicted octanol–water partition coefficient (Wildman–Crippen LogP) is 0.366. The van der Waals surface area contributed by atoms with Crippen LogP contribution >= 0.6 is 0 Å². The van der Waals surface area contributed by atoms with Crippen molar-refractivity contribution in [2.45, 2.75) is 13.3 Å². The Morgan fingerprint density at radius 1 is 1.47 bits per heavy atom. The highest BCUT2D eigenvalue weighted by molar-refractivity contribution is 5.50. The molecule has 1 aliphatic rings. The van der Waals surface area contributed by atoms with Crippen molar-refractivity contribution in [3.8, 4) is 0 Å². The first kappa shape index (κ1) is 10.2. The highest BCUT2D eigenvalue weighted by Gasteiger charge is 2.16. The number of rotatable bonds is 4. The third kappa shape index (κ3) is 2.36. The molecule has 5 heteroatoms. The summed E-state index contributed by atoms with van der Waals surface area (Å²) in [6, 6.07) is 1.99. The van der Waals surface area contributed by atoms with Crippen molar-refractivity contribution < 1.29 is 0 Å². The zero-order valence-corrected chi connectivity index (χ0v) is 9.03. The lowest BCUT2D eigenvalue weighted by Gasteiger charge is -2.32. The topological polar surface area (TPSA) is 67.1 Å². The van der Waals surface area contributed by atoms with Gasteiger partial charge in [-0.05, 0) is 13.3 Å². The van der Waals surface area contributed by atoms with E-state index in [0.717, 1.165) is 37.1 Å². The van der Waals surface area contributed by atoms with Gasteiger partial charge in [-0.2, -0.15) is 0 Å². The number of aromatic nitrogens is 2. The quantitative estimate of drug-likeness (QED) is 0.746. The fourth-order valence-electron chi connectivity index (χ4n) is 1.55. The maximum atomic E-state index is 5.43. The average Bonchev–Trinajstić information content (AvgIpc) is 2.11. The van der Waals surface area contributed by atoms with Crippen LogP contribution < -0.4 is 16.0 Å². The average molecular weight is 207 g/mol. The molecular weight excluding hydrogens is 190 g/mol. The Kier molecular flexibility index (Phi) is 3.01. The van der Waals surface area contributed by atoms with Crippen molar-refractivity contribution in [2.24, 2.45) is 5.73 Å². The summed E-state index contributed by atoms with van der Waals surface area (Å²) in [6.45, 7) is 5.48. The van der Waals surface area contributed by atoms with E-state index >= 15 is 0 Å². The molecule has 1 saturated heterocycles. The van der Waals surface area contributed by atoms with Gasteiger partial charge < -0.3 is 16.0 Å². The first-order valence-electron chi connectivity index (χ1n) is 5.34. The van der Waals surface area contributed by atoms with E-state index in [1.54, 1.807) is 0 Å². The second-order valence-electron chi connectivity index (χ2n) is 3.71. The first-order chi connectivity index (χ1) is 7.29. The predicted molar refractivity (Wildman–Crippen MR) is 61.1 cm³/mol. The molecule has 1 fully saturated rings. The lowest BCUT2D eigenvalue weighted by Crippen LogP contribution is -2.37. The molecular formula is C10H17N5. The number of anilines is 2. The molecule has 0 amide bonds. The van der Waals surface area contributed by atoms with Crippen molar-refractivity contribution in [3.05, 3.63) is 11.9 Å². The molecule has 3 N–H and O–H groups in total. The molecule has 2 heterocycles. The van der Waals surface area contributed by atoms with E-state index in [4.69, 9.17) is 5.73 Å². The van der Waals surface area contributed by atoms with Crippen LogP contribution in [0.1, 0.15) is 12.2 Å². The van der Waals surface area contributed by atoms with E-state index in [-0.39, 0.29) is 0 Å². The summed E-state index contributed by atoms with van der Waals surface area (Å²) in [4.78, 5) is 11.0. The van der Waals surface area contributed by atoms with Crippen LogP contribution in [0.25, 0.3) is 0 Å². The van der Waals surface area contributed by atoms with E-state index in [9.17, 15) is 0 Å². The Bertz CT molecular complexity index is 335. The fraction of sp³-hybridized carbons (Fsp3) is 0.600. The van der Waals surface area contributed by atoms with Gasteiger partial charge >= 0.3 is 0 Å². The van der Waals surface area contributed by atoms with Gasteiger partial charge in [0.05, 0.1) is 0 Å². The minimum atomic E-state index is 0.613. The van der Waals surface area contributed by atoms with Gasteiger partial charge in [0.25, 0.3) is 0 Å².